The van der Waals surface area contributed by atoms with Crippen LogP contribution in [0.15, 0.2) is 18.2 Å². The van der Waals surface area contributed by atoms with E-state index in [-0.39, 0.29) is 5.60 Å². The molecule has 2 aliphatic heterocycles. The fourth-order valence-electron chi connectivity index (χ4n) is 3.77. The van der Waals surface area contributed by atoms with Crippen molar-refractivity contribution in [3.8, 4) is 0 Å². The summed E-state index contributed by atoms with van der Waals surface area (Å²) in [6.07, 6.45) is 3.68. The van der Waals surface area contributed by atoms with Crippen LogP contribution in [0.3, 0.4) is 0 Å². The zero-order valence-corrected chi connectivity index (χ0v) is 14.2. The molecule has 0 bridgehead atoms. The van der Waals surface area contributed by atoms with E-state index >= 15 is 0 Å². The molecular weight excluding hydrogens is 274 g/mol. The molecule has 1 aromatic rings. The van der Waals surface area contributed by atoms with Gasteiger partial charge >= 0.3 is 0 Å². The van der Waals surface area contributed by atoms with E-state index < -0.39 is 0 Å². The zero-order valence-electron chi connectivity index (χ0n) is 14.2. The predicted molar refractivity (Wildman–Crippen MR) is 89.1 cm³/mol. The third-order valence-electron chi connectivity index (χ3n) is 5.32. The molecule has 0 radical (unpaired) electrons. The summed E-state index contributed by atoms with van der Waals surface area (Å²) in [5.41, 5.74) is 4.30. The molecule has 3 heteroatoms. The van der Waals surface area contributed by atoms with Gasteiger partial charge in [0.15, 0.2) is 0 Å². The fraction of sp³-hybridized carbons (Fsp3) is 0.684. The van der Waals surface area contributed by atoms with Crippen molar-refractivity contribution in [2.24, 2.45) is 0 Å². The molecule has 0 amide bonds. The molecule has 0 aromatic heterocycles. The van der Waals surface area contributed by atoms with Crippen molar-refractivity contribution < 1.29 is 9.47 Å². The van der Waals surface area contributed by atoms with Gasteiger partial charge in [0.25, 0.3) is 0 Å². The highest BCUT2D eigenvalue weighted by atomic mass is 16.6. The summed E-state index contributed by atoms with van der Waals surface area (Å²) in [5.74, 6) is 0. The molecule has 2 aliphatic rings. The van der Waals surface area contributed by atoms with Crippen LogP contribution in [0.5, 0.6) is 0 Å². The zero-order chi connectivity index (χ0) is 15.6. The third kappa shape index (κ3) is 3.53. The van der Waals surface area contributed by atoms with Crippen molar-refractivity contribution >= 4 is 0 Å². The average Bonchev–Trinajstić information content (AvgIpc) is 2.89. The highest BCUT2D eigenvalue weighted by Gasteiger charge is 2.42. The lowest BCUT2D eigenvalue weighted by molar-refractivity contribution is -0.0464. The SMILES string of the molecule is CCO[C@H]1COC2(CCN(Cc3ccc(C)c(C)c3)CC2)C1. The number of benzene rings is 1. The topological polar surface area (TPSA) is 21.7 Å². The Hall–Kier alpha value is -0.900. The molecule has 2 fully saturated rings. The molecule has 0 N–H and O–H groups in total. The van der Waals surface area contributed by atoms with E-state index in [2.05, 4.69) is 43.9 Å². The number of hydrogen-bond donors (Lipinski definition) is 0. The van der Waals surface area contributed by atoms with Crippen LogP contribution in [-0.2, 0) is 16.0 Å². The fourth-order valence-corrected chi connectivity index (χ4v) is 3.77. The first-order valence-corrected chi connectivity index (χ1v) is 8.64. The van der Waals surface area contributed by atoms with Gasteiger partial charge in [-0.1, -0.05) is 18.2 Å². The molecule has 2 saturated heterocycles. The smallest absolute Gasteiger partial charge is 0.0836 e. The number of ether oxygens (including phenoxy) is 2. The van der Waals surface area contributed by atoms with Crippen molar-refractivity contribution in [1.82, 2.24) is 4.90 Å². The van der Waals surface area contributed by atoms with Crippen LogP contribution in [-0.4, -0.2) is 42.9 Å². The Balaban J connectivity index is 1.52. The van der Waals surface area contributed by atoms with Gasteiger partial charge in [0.05, 0.1) is 18.3 Å². The van der Waals surface area contributed by atoms with Gasteiger partial charge in [-0.25, -0.2) is 0 Å². The van der Waals surface area contributed by atoms with Crippen LogP contribution in [0, 0.1) is 13.8 Å². The average molecular weight is 303 g/mol. The Morgan fingerprint density at radius 1 is 1.23 bits per heavy atom. The Labute approximate surface area is 134 Å². The summed E-state index contributed by atoms with van der Waals surface area (Å²) in [7, 11) is 0. The van der Waals surface area contributed by atoms with E-state index in [0.717, 1.165) is 52.1 Å². The second-order valence-electron chi connectivity index (χ2n) is 6.97. The minimum absolute atomic E-state index is 0.0968. The molecule has 22 heavy (non-hydrogen) atoms. The number of hydrogen-bond acceptors (Lipinski definition) is 3. The molecule has 0 unspecified atom stereocenters. The summed E-state index contributed by atoms with van der Waals surface area (Å²) in [5, 5.41) is 0. The summed E-state index contributed by atoms with van der Waals surface area (Å²) in [6, 6.07) is 6.84. The standard InChI is InChI=1S/C19H29NO2/c1-4-21-18-12-19(22-14-18)7-9-20(10-8-19)13-17-6-5-15(2)16(3)11-17/h5-6,11,18H,4,7-10,12-14H2,1-3H3/t18-/m1/s1. The van der Waals surface area contributed by atoms with Crippen molar-refractivity contribution in [2.75, 3.05) is 26.3 Å². The molecule has 1 atom stereocenters. The summed E-state index contributed by atoms with van der Waals surface area (Å²) < 4.78 is 11.9. The van der Waals surface area contributed by atoms with Crippen LogP contribution in [0.1, 0.15) is 42.9 Å². The first-order chi connectivity index (χ1) is 10.6. The summed E-state index contributed by atoms with van der Waals surface area (Å²) in [6.45, 7) is 11.3. The number of aryl methyl sites for hydroxylation is 2. The van der Waals surface area contributed by atoms with Crippen LogP contribution in [0.4, 0.5) is 0 Å². The van der Waals surface area contributed by atoms with Crippen molar-refractivity contribution in [2.45, 2.75) is 58.3 Å². The number of rotatable bonds is 4. The molecule has 122 valence electrons. The van der Waals surface area contributed by atoms with E-state index in [1.54, 1.807) is 0 Å². The Morgan fingerprint density at radius 2 is 2.00 bits per heavy atom. The van der Waals surface area contributed by atoms with Crippen LogP contribution < -0.4 is 0 Å². The van der Waals surface area contributed by atoms with Crippen molar-refractivity contribution in [1.29, 1.82) is 0 Å². The normalized spacial score (nSPS) is 25.0. The van der Waals surface area contributed by atoms with E-state index in [0.29, 0.717) is 6.10 Å². The minimum atomic E-state index is 0.0968. The number of nitrogens with zero attached hydrogens (tertiary/aromatic N) is 1. The highest BCUT2D eigenvalue weighted by Crippen LogP contribution is 2.37. The van der Waals surface area contributed by atoms with Gasteiger partial charge in [0.1, 0.15) is 0 Å². The molecule has 3 rings (SSSR count). The quantitative estimate of drug-likeness (QED) is 0.850. The maximum Gasteiger partial charge on any atom is 0.0836 e. The maximum absolute atomic E-state index is 6.13. The van der Waals surface area contributed by atoms with E-state index in [4.69, 9.17) is 9.47 Å². The maximum atomic E-state index is 6.13. The van der Waals surface area contributed by atoms with Crippen LogP contribution in [0.25, 0.3) is 0 Å². The van der Waals surface area contributed by atoms with Gasteiger partial charge in [-0.3, -0.25) is 4.90 Å². The van der Waals surface area contributed by atoms with E-state index in [1.807, 2.05) is 0 Å². The van der Waals surface area contributed by atoms with Crippen LogP contribution in [0.2, 0.25) is 0 Å². The highest BCUT2D eigenvalue weighted by molar-refractivity contribution is 5.29. The Morgan fingerprint density at radius 3 is 2.68 bits per heavy atom. The Bertz CT molecular complexity index is 506. The first-order valence-electron chi connectivity index (χ1n) is 8.64. The number of likely N-dealkylation sites (tertiary alicyclic amines) is 1. The van der Waals surface area contributed by atoms with Gasteiger partial charge in [-0.05, 0) is 50.3 Å². The monoisotopic (exact) mass is 303 g/mol. The largest absolute Gasteiger partial charge is 0.376 e. The van der Waals surface area contributed by atoms with Crippen LogP contribution >= 0.6 is 0 Å². The van der Waals surface area contributed by atoms with Crippen molar-refractivity contribution in [3.05, 3.63) is 34.9 Å². The van der Waals surface area contributed by atoms with Gasteiger partial charge in [0.2, 0.25) is 0 Å². The van der Waals surface area contributed by atoms with E-state index in [1.165, 1.54) is 16.7 Å². The van der Waals surface area contributed by atoms with Gasteiger partial charge in [0, 0.05) is 32.7 Å². The molecule has 2 heterocycles. The van der Waals surface area contributed by atoms with Crippen molar-refractivity contribution in [3.63, 3.8) is 0 Å². The van der Waals surface area contributed by atoms with E-state index in [9.17, 15) is 0 Å². The summed E-state index contributed by atoms with van der Waals surface area (Å²) >= 11 is 0. The first kappa shape index (κ1) is 16.0. The molecule has 0 saturated carbocycles. The molecular formula is C19H29NO2. The van der Waals surface area contributed by atoms with Gasteiger partial charge in [-0.2, -0.15) is 0 Å². The molecule has 1 spiro atoms. The van der Waals surface area contributed by atoms with Gasteiger partial charge in [-0.15, -0.1) is 0 Å². The molecule has 3 nitrogen and oxygen atoms in total. The third-order valence-corrected chi connectivity index (χ3v) is 5.32. The lowest BCUT2D eigenvalue weighted by atomic mass is 9.87. The Kier molecular flexibility index (Phi) is 4.86. The predicted octanol–water partition coefficient (Wildman–Crippen LogP) is 3.46. The lowest BCUT2D eigenvalue weighted by Crippen LogP contribution is -2.43. The second kappa shape index (κ2) is 6.69. The molecule has 1 aromatic carbocycles. The minimum Gasteiger partial charge on any atom is -0.376 e. The van der Waals surface area contributed by atoms with Gasteiger partial charge < -0.3 is 9.47 Å². The lowest BCUT2D eigenvalue weighted by Gasteiger charge is -2.38. The molecule has 0 aliphatic carbocycles. The second-order valence-corrected chi connectivity index (χ2v) is 6.97. The summed E-state index contributed by atoms with van der Waals surface area (Å²) in [4.78, 5) is 2.56. The number of piperidine rings is 1.